The van der Waals surface area contributed by atoms with Crippen LogP contribution in [0.2, 0.25) is 0 Å². The fraction of sp³-hybridized carbons (Fsp3) is 0.793. The number of ether oxygens (including phenoxy) is 2. The molecule has 0 amide bonds. The number of carbonyl (C=O) groups is 1. The molecule has 13 heteroatoms. The van der Waals surface area contributed by atoms with Crippen LogP contribution < -0.4 is 5.73 Å². The highest BCUT2D eigenvalue weighted by atomic mass is 31.2. The van der Waals surface area contributed by atoms with Crippen molar-refractivity contribution in [2.75, 3.05) is 31.9 Å². The number of nitrogen functional groups attached to an aromatic ring is 1. The SMILES string of the molecule is CCCCCCCCCCCCCCCCCC(=O)OCC(O)COP(=O)(O)COCCn1cnc2c(N)ncnc21. The molecule has 2 aromatic heterocycles. The molecule has 12 nitrogen and oxygen atoms in total. The van der Waals surface area contributed by atoms with Crippen molar-refractivity contribution in [2.24, 2.45) is 0 Å². The summed E-state index contributed by atoms with van der Waals surface area (Å²) in [6.07, 6.45) is 20.2. The molecule has 240 valence electrons. The van der Waals surface area contributed by atoms with Gasteiger partial charge in [0.2, 0.25) is 0 Å². The number of nitrogens with zero attached hydrogens (tertiary/aromatic N) is 4. The highest BCUT2D eigenvalue weighted by molar-refractivity contribution is 7.52. The largest absolute Gasteiger partial charge is 0.463 e. The van der Waals surface area contributed by atoms with E-state index in [2.05, 4.69) is 21.9 Å². The fourth-order valence-electron chi connectivity index (χ4n) is 4.60. The Labute approximate surface area is 250 Å². The Bertz CT molecular complexity index is 1050. The minimum atomic E-state index is -4.10. The van der Waals surface area contributed by atoms with Gasteiger partial charge in [0, 0.05) is 13.0 Å². The van der Waals surface area contributed by atoms with Crippen molar-refractivity contribution < 1.29 is 33.4 Å². The molecule has 0 spiro atoms. The number of carbonyl (C=O) groups excluding carboxylic acids is 1. The van der Waals surface area contributed by atoms with Crippen LogP contribution in [-0.2, 0) is 29.9 Å². The van der Waals surface area contributed by atoms with E-state index >= 15 is 0 Å². The lowest BCUT2D eigenvalue weighted by Crippen LogP contribution is -2.23. The summed E-state index contributed by atoms with van der Waals surface area (Å²) < 4.78 is 29.1. The molecular weight excluding hydrogens is 561 g/mol. The molecule has 4 N–H and O–H groups in total. The third-order valence-corrected chi connectivity index (χ3v) is 8.11. The molecule has 0 saturated heterocycles. The first-order valence-electron chi connectivity index (χ1n) is 15.6. The number of unbranched alkanes of at least 4 members (excludes halogenated alkanes) is 14. The van der Waals surface area contributed by atoms with E-state index in [0.29, 0.717) is 24.1 Å². The Morgan fingerprint density at radius 1 is 0.929 bits per heavy atom. The lowest BCUT2D eigenvalue weighted by atomic mass is 10.0. The molecule has 2 atom stereocenters. The zero-order chi connectivity index (χ0) is 30.5. The quantitative estimate of drug-likeness (QED) is 0.0670. The molecule has 0 radical (unpaired) electrons. The Balaban J connectivity index is 1.40. The van der Waals surface area contributed by atoms with Gasteiger partial charge in [-0.3, -0.25) is 9.36 Å². The van der Waals surface area contributed by atoms with Crippen LogP contribution in [0.1, 0.15) is 110 Å². The number of anilines is 1. The molecule has 0 aliphatic carbocycles. The molecule has 0 aliphatic rings. The van der Waals surface area contributed by atoms with E-state index in [1.54, 1.807) is 4.57 Å². The van der Waals surface area contributed by atoms with E-state index in [-0.39, 0.29) is 19.0 Å². The molecule has 0 bridgehead atoms. The summed E-state index contributed by atoms with van der Waals surface area (Å²) in [5.41, 5.74) is 6.76. The van der Waals surface area contributed by atoms with Gasteiger partial charge in [-0.25, -0.2) is 15.0 Å². The monoisotopic (exact) mass is 613 g/mol. The number of esters is 1. The van der Waals surface area contributed by atoms with Crippen molar-refractivity contribution in [1.82, 2.24) is 19.5 Å². The van der Waals surface area contributed by atoms with Gasteiger partial charge in [-0.15, -0.1) is 0 Å². The van der Waals surface area contributed by atoms with Gasteiger partial charge in [-0.1, -0.05) is 96.8 Å². The number of aliphatic hydroxyl groups excluding tert-OH is 1. The maximum atomic E-state index is 12.2. The first-order valence-corrected chi connectivity index (χ1v) is 17.4. The summed E-state index contributed by atoms with van der Waals surface area (Å²) in [7, 11) is -4.10. The third kappa shape index (κ3) is 15.9. The summed E-state index contributed by atoms with van der Waals surface area (Å²) >= 11 is 0. The number of aromatic nitrogens is 4. The molecule has 2 heterocycles. The summed E-state index contributed by atoms with van der Waals surface area (Å²) in [6.45, 7) is 1.93. The third-order valence-electron chi connectivity index (χ3n) is 7.05. The van der Waals surface area contributed by atoms with Crippen LogP contribution in [-0.4, -0.2) is 67.8 Å². The fourth-order valence-corrected chi connectivity index (χ4v) is 5.43. The van der Waals surface area contributed by atoms with Crippen LogP contribution in [0.5, 0.6) is 0 Å². The minimum Gasteiger partial charge on any atom is -0.463 e. The van der Waals surface area contributed by atoms with Gasteiger partial charge in [-0.2, -0.15) is 0 Å². The van der Waals surface area contributed by atoms with Gasteiger partial charge in [0.25, 0.3) is 0 Å². The Hall–Kier alpha value is -2.11. The zero-order valence-electron chi connectivity index (χ0n) is 25.3. The van der Waals surface area contributed by atoms with Crippen molar-refractivity contribution >= 4 is 30.5 Å². The van der Waals surface area contributed by atoms with Crippen LogP contribution in [0.15, 0.2) is 12.7 Å². The molecular formula is C29H52N5O7P. The lowest BCUT2D eigenvalue weighted by Gasteiger charge is -2.16. The second-order valence-electron chi connectivity index (χ2n) is 10.9. The Kier molecular flexibility index (Phi) is 18.5. The molecule has 2 aromatic rings. The number of nitrogens with two attached hydrogens (primary N) is 1. The number of hydrogen-bond donors (Lipinski definition) is 3. The number of imidazole rings is 1. The van der Waals surface area contributed by atoms with Gasteiger partial charge in [-0.05, 0) is 6.42 Å². The van der Waals surface area contributed by atoms with Crippen LogP contribution in [0.4, 0.5) is 5.82 Å². The maximum absolute atomic E-state index is 12.2. The summed E-state index contributed by atoms with van der Waals surface area (Å²) in [5, 5.41) is 9.98. The highest BCUT2D eigenvalue weighted by Gasteiger charge is 2.22. The van der Waals surface area contributed by atoms with Gasteiger partial charge >= 0.3 is 13.6 Å². The van der Waals surface area contributed by atoms with E-state index < -0.39 is 32.6 Å². The second-order valence-corrected chi connectivity index (χ2v) is 12.7. The standard InChI is InChI=1S/C29H52N5O7P/c1-2-3-4-5-6-7-8-9-10-11-12-13-14-15-16-17-26(36)40-20-25(35)21-41-42(37,38)24-39-19-18-34-23-33-27-28(30)31-22-32-29(27)34/h22-23,25,35H,2-21,24H2,1H3,(H,37,38)(H2,30,31,32). The van der Waals surface area contributed by atoms with Crippen LogP contribution in [0, 0.1) is 0 Å². The van der Waals surface area contributed by atoms with Crippen molar-refractivity contribution in [1.29, 1.82) is 0 Å². The molecule has 2 unspecified atom stereocenters. The topological polar surface area (TPSA) is 172 Å². The predicted molar refractivity (Wildman–Crippen MR) is 163 cm³/mol. The average Bonchev–Trinajstić information content (AvgIpc) is 3.39. The van der Waals surface area contributed by atoms with Crippen molar-refractivity contribution in [3.63, 3.8) is 0 Å². The lowest BCUT2D eigenvalue weighted by molar-refractivity contribution is -0.147. The number of rotatable bonds is 26. The van der Waals surface area contributed by atoms with Crippen LogP contribution in [0.25, 0.3) is 11.2 Å². The second kappa shape index (κ2) is 21.6. The smallest absolute Gasteiger partial charge is 0.353 e. The molecule has 0 fully saturated rings. The molecule has 42 heavy (non-hydrogen) atoms. The number of hydrogen-bond acceptors (Lipinski definition) is 10. The minimum absolute atomic E-state index is 0.1000. The summed E-state index contributed by atoms with van der Waals surface area (Å²) in [4.78, 5) is 34.0. The van der Waals surface area contributed by atoms with Crippen LogP contribution in [0.3, 0.4) is 0 Å². The van der Waals surface area contributed by atoms with Crippen molar-refractivity contribution in [2.45, 2.75) is 122 Å². The first kappa shape index (κ1) is 36.1. The number of aliphatic hydroxyl groups is 1. The molecule has 0 aromatic carbocycles. The summed E-state index contributed by atoms with van der Waals surface area (Å²) in [5.74, 6) is -0.125. The van der Waals surface area contributed by atoms with Crippen LogP contribution >= 0.6 is 7.60 Å². The summed E-state index contributed by atoms with van der Waals surface area (Å²) in [6, 6.07) is 0. The Morgan fingerprint density at radius 3 is 2.14 bits per heavy atom. The maximum Gasteiger partial charge on any atom is 0.353 e. The van der Waals surface area contributed by atoms with Crippen molar-refractivity contribution in [3.8, 4) is 0 Å². The Morgan fingerprint density at radius 2 is 1.52 bits per heavy atom. The number of fused-ring (bicyclic) bond motifs is 1. The molecule has 2 rings (SSSR count). The molecule has 0 aliphatic heterocycles. The van der Waals surface area contributed by atoms with E-state index in [4.69, 9.17) is 19.7 Å². The highest BCUT2D eigenvalue weighted by Crippen LogP contribution is 2.41. The van der Waals surface area contributed by atoms with E-state index in [0.717, 1.165) is 19.3 Å². The first-order chi connectivity index (χ1) is 20.3. The van der Waals surface area contributed by atoms with Gasteiger partial charge in [0.1, 0.15) is 30.9 Å². The van der Waals surface area contributed by atoms with Gasteiger partial charge < -0.3 is 34.3 Å². The van der Waals surface area contributed by atoms with Gasteiger partial charge in [0.05, 0.1) is 19.5 Å². The van der Waals surface area contributed by atoms with E-state index in [1.165, 1.54) is 89.7 Å². The zero-order valence-corrected chi connectivity index (χ0v) is 26.2. The van der Waals surface area contributed by atoms with Gasteiger partial charge in [0.15, 0.2) is 11.5 Å². The normalized spacial score (nSPS) is 13.8. The molecule has 0 saturated carbocycles. The van der Waals surface area contributed by atoms with E-state index in [9.17, 15) is 19.4 Å². The average molecular weight is 614 g/mol. The predicted octanol–water partition coefficient (Wildman–Crippen LogP) is 5.75. The van der Waals surface area contributed by atoms with E-state index in [1.807, 2.05) is 0 Å². The van der Waals surface area contributed by atoms with Crippen molar-refractivity contribution in [3.05, 3.63) is 12.7 Å².